The summed E-state index contributed by atoms with van der Waals surface area (Å²) in [5.74, 6) is -0.859. The molecule has 1 N–H and O–H groups in total. The Bertz CT molecular complexity index is 437. The Morgan fingerprint density at radius 3 is 2.56 bits per heavy atom. The number of hydrogen-bond acceptors (Lipinski definition) is 2. The van der Waals surface area contributed by atoms with E-state index in [2.05, 4.69) is 6.92 Å². The molecule has 98 valence electrons. The summed E-state index contributed by atoms with van der Waals surface area (Å²) < 4.78 is 19.1. The molecule has 3 nitrogen and oxygen atoms in total. The van der Waals surface area contributed by atoms with Gasteiger partial charge in [-0.15, -0.1) is 0 Å². The van der Waals surface area contributed by atoms with Crippen molar-refractivity contribution in [3.63, 3.8) is 0 Å². The van der Waals surface area contributed by atoms with E-state index in [1.54, 1.807) is 0 Å². The van der Waals surface area contributed by atoms with Crippen molar-refractivity contribution >= 4 is 5.97 Å². The highest BCUT2D eigenvalue weighted by Crippen LogP contribution is 2.27. The summed E-state index contributed by atoms with van der Waals surface area (Å²) >= 11 is 0. The van der Waals surface area contributed by atoms with Crippen LogP contribution in [0.2, 0.25) is 0 Å². The van der Waals surface area contributed by atoms with Gasteiger partial charge >= 0.3 is 5.97 Å². The van der Waals surface area contributed by atoms with Gasteiger partial charge in [0, 0.05) is 6.07 Å². The van der Waals surface area contributed by atoms with Gasteiger partial charge in [0.15, 0.2) is 0 Å². The van der Waals surface area contributed by atoms with Crippen molar-refractivity contribution < 1.29 is 19.0 Å². The molecule has 0 aliphatic heterocycles. The molecule has 2 rings (SSSR count). The van der Waals surface area contributed by atoms with E-state index in [0.717, 1.165) is 37.7 Å². The number of carboxylic acid groups (broad SMARTS) is 1. The maximum Gasteiger partial charge on any atom is 0.338 e. The first-order valence-electron chi connectivity index (χ1n) is 6.25. The van der Waals surface area contributed by atoms with Crippen molar-refractivity contribution in [3.8, 4) is 5.75 Å². The van der Waals surface area contributed by atoms with E-state index >= 15 is 0 Å². The second kappa shape index (κ2) is 5.38. The predicted octanol–water partition coefficient (Wildman–Crippen LogP) is 3.48. The zero-order valence-corrected chi connectivity index (χ0v) is 10.4. The van der Waals surface area contributed by atoms with Crippen molar-refractivity contribution in [1.82, 2.24) is 0 Å². The van der Waals surface area contributed by atoms with Gasteiger partial charge in [0.25, 0.3) is 0 Å². The van der Waals surface area contributed by atoms with Crippen molar-refractivity contribution in [3.05, 3.63) is 29.6 Å². The molecule has 0 bridgehead atoms. The third-order valence-electron chi connectivity index (χ3n) is 3.44. The summed E-state index contributed by atoms with van der Waals surface area (Å²) in [7, 11) is 0. The highest BCUT2D eigenvalue weighted by molar-refractivity contribution is 5.88. The van der Waals surface area contributed by atoms with Gasteiger partial charge in [0.05, 0.1) is 11.7 Å². The maximum atomic E-state index is 13.5. The number of benzene rings is 1. The zero-order valence-electron chi connectivity index (χ0n) is 10.4. The monoisotopic (exact) mass is 252 g/mol. The average molecular weight is 252 g/mol. The van der Waals surface area contributed by atoms with Crippen molar-refractivity contribution in [1.29, 1.82) is 0 Å². The average Bonchev–Trinajstić information content (AvgIpc) is 2.32. The maximum absolute atomic E-state index is 13.5. The molecule has 0 radical (unpaired) electrons. The Kier molecular flexibility index (Phi) is 3.84. The minimum atomic E-state index is -1.26. The van der Waals surface area contributed by atoms with E-state index in [9.17, 15) is 9.18 Å². The molecule has 1 fully saturated rings. The fourth-order valence-electron chi connectivity index (χ4n) is 2.28. The molecule has 0 atom stereocenters. The van der Waals surface area contributed by atoms with Crippen molar-refractivity contribution in [2.45, 2.75) is 38.7 Å². The van der Waals surface area contributed by atoms with Crippen LogP contribution in [0.3, 0.4) is 0 Å². The number of carbonyl (C=O) groups is 1. The number of halogens is 1. The quantitative estimate of drug-likeness (QED) is 0.895. The van der Waals surface area contributed by atoms with Gasteiger partial charge in [-0.2, -0.15) is 0 Å². The number of ether oxygens (including phenoxy) is 1. The fourth-order valence-corrected chi connectivity index (χ4v) is 2.28. The Balaban J connectivity index is 2.02. The minimum absolute atomic E-state index is 0.122. The standard InChI is InChI=1S/C14H17FO3/c1-9-2-4-10(5-3-9)18-11-6-7-12(14(16)17)13(15)8-11/h6-10H,2-5H2,1H3,(H,16,17). The first-order chi connectivity index (χ1) is 8.56. The van der Waals surface area contributed by atoms with Crippen LogP contribution in [0.15, 0.2) is 18.2 Å². The van der Waals surface area contributed by atoms with Crippen LogP contribution in [-0.4, -0.2) is 17.2 Å². The number of carboxylic acids is 1. The smallest absolute Gasteiger partial charge is 0.338 e. The number of aromatic carboxylic acids is 1. The van der Waals surface area contributed by atoms with Crippen LogP contribution in [0.5, 0.6) is 5.75 Å². The molecule has 0 unspecified atom stereocenters. The molecule has 0 saturated heterocycles. The van der Waals surface area contributed by atoms with E-state index in [0.29, 0.717) is 5.75 Å². The molecule has 1 saturated carbocycles. The normalized spacial score (nSPS) is 23.7. The topological polar surface area (TPSA) is 46.5 Å². The molecule has 1 aromatic rings. The highest BCUT2D eigenvalue weighted by atomic mass is 19.1. The van der Waals surface area contributed by atoms with Crippen LogP contribution in [0.4, 0.5) is 4.39 Å². The Labute approximate surface area is 106 Å². The predicted molar refractivity (Wildman–Crippen MR) is 65.4 cm³/mol. The summed E-state index contributed by atoms with van der Waals surface area (Å²) in [6.07, 6.45) is 4.32. The Morgan fingerprint density at radius 1 is 1.33 bits per heavy atom. The van der Waals surface area contributed by atoms with Gasteiger partial charge < -0.3 is 9.84 Å². The lowest BCUT2D eigenvalue weighted by Crippen LogP contribution is -2.23. The molecule has 0 amide bonds. The SMILES string of the molecule is CC1CCC(Oc2ccc(C(=O)O)c(F)c2)CC1. The van der Waals surface area contributed by atoms with E-state index < -0.39 is 11.8 Å². The Morgan fingerprint density at radius 2 is 2.00 bits per heavy atom. The van der Waals surface area contributed by atoms with E-state index in [1.807, 2.05) is 0 Å². The summed E-state index contributed by atoms with van der Waals surface area (Å²) in [6.45, 7) is 2.22. The van der Waals surface area contributed by atoms with Crippen molar-refractivity contribution in [2.75, 3.05) is 0 Å². The fraction of sp³-hybridized carbons (Fsp3) is 0.500. The lowest BCUT2D eigenvalue weighted by Gasteiger charge is -2.26. The van der Waals surface area contributed by atoms with Gasteiger partial charge in [-0.3, -0.25) is 0 Å². The second-order valence-corrected chi connectivity index (χ2v) is 4.95. The van der Waals surface area contributed by atoms with E-state index in [-0.39, 0.29) is 11.7 Å². The van der Waals surface area contributed by atoms with Gasteiger partial charge in [-0.25, -0.2) is 9.18 Å². The van der Waals surface area contributed by atoms with Crippen LogP contribution >= 0.6 is 0 Å². The molecule has 18 heavy (non-hydrogen) atoms. The molecule has 1 aliphatic rings. The molecule has 1 aromatic carbocycles. The summed E-state index contributed by atoms with van der Waals surface area (Å²) in [6, 6.07) is 3.92. The van der Waals surface area contributed by atoms with Gasteiger partial charge in [0.2, 0.25) is 0 Å². The van der Waals surface area contributed by atoms with Crippen LogP contribution < -0.4 is 4.74 Å². The van der Waals surface area contributed by atoms with E-state index in [1.165, 1.54) is 12.1 Å². The van der Waals surface area contributed by atoms with E-state index in [4.69, 9.17) is 9.84 Å². The van der Waals surface area contributed by atoms with Crippen LogP contribution in [-0.2, 0) is 0 Å². The minimum Gasteiger partial charge on any atom is -0.490 e. The largest absolute Gasteiger partial charge is 0.490 e. The van der Waals surface area contributed by atoms with Crippen molar-refractivity contribution in [2.24, 2.45) is 5.92 Å². The van der Waals surface area contributed by atoms with Gasteiger partial charge in [-0.1, -0.05) is 6.92 Å². The summed E-state index contributed by atoms with van der Waals surface area (Å²) in [4.78, 5) is 10.7. The third kappa shape index (κ3) is 3.00. The van der Waals surface area contributed by atoms with Crippen LogP contribution in [0.1, 0.15) is 43.0 Å². The molecule has 1 aliphatic carbocycles. The summed E-state index contributed by atoms with van der Waals surface area (Å²) in [5.41, 5.74) is -0.320. The molecule has 0 aromatic heterocycles. The molecule has 0 heterocycles. The van der Waals surface area contributed by atoms with Crippen LogP contribution in [0.25, 0.3) is 0 Å². The Hall–Kier alpha value is -1.58. The molecule has 4 heteroatoms. The lowest BCUT2D eigenvalue weighted by atomic mass is 9.89. The van der Waals surface area contributed by atoms with Gasteiger partial charge in [-0.05, 0) is 43.7 Å². The lowest BCUT2D eigenvalue weighted by molar-refractivity contribution is 0.0691. The third-order valence-corrected chi connectivity index (χ3v) is 3.44. The molecular weight excluding hydrogens is 235 g/mol. The summed E-state index contributed by atoms with van der Waals surface area (Å²) in [5, 5.41) is 8.73. The second-order valence-electron chi connectivity index (χ2n) is 4.95. The highest BCUT2D eigenvalue weighted by Gasteiger charge is 2.20. The first-order valence-corrected chi connectivity index (χ1v) is 6.25. The first kappa shape index (κ1) is 12.9. The molecular formula is C14H17FO3. The van der Waals surface area contributed by atoms with Gasteiger partial charge in [0.1, 0.15) is 11.6 Å². The van der Waals surface area contributed by atoms with Crippen LogP contribution in [0, 0.1) is 11.7 Å². The zero-order chi connectivity index (χ0) is 13.1. The number of rotatable bonds is 3. The number of hydrogen-bond donors (Lipinski definition) is 1. The molecule has 0 spiro atoms.